The van der Waals surface area contributed by atoms with Crippen LogP contribution in [0.4, 0.5) is 9.59 Å². The van der Waals surface area contributed by atoms with Crippen LogP contribution >= 0.6 is 21.6 Å². The Morgan fingerprint density at radius 2 is 1.54 bits per heavy atom. The van der Waals surface area contributed by atoms with Crippen molar-refractivity contribution in [2.24, 2.45) is 5.92 Å². The smallest absolute Gasteiger partial charge is 0.321 e. The maximum Gasteiger partial charge on any atom is 0.321 e. The Hall–Kier alpha value is -1.42. The Bertz CT molecular complexity index is 514. The highest BCUT2D eigenvalue weighted by Crippen LogP contribution is 2.24. The fraction of sp³-hybridized carbons (Fsp3) is 0.778. The van der Waals surface area contributed by atoms with Gasteiger partial charge in [-0.05, 0) is 19.3 Å². The van der Waals surface area contributed by atoms with Crippen molar-refractivity contribution in [2.45, 2.75) is 58.3 Å². The minimum absolute atomic E-state index is 0.0391. The summed E-state index contributed by atoms with van der Waals surface area (Å²) in [6, 6.07) is -0.937. The van der Waals surface area contributed by atoms with Gasteiger partial charge in [0.25, 0.3) is 0 Å². The van der Waals surface area contributed by atoms with Gasteiger partial charge in [-0.15, -0.1) is 0 Å². The van der Waals surface area contributed by atoms with Crippen LogP contribution in [-0.4, -0.2) is 48.5 Å². The van der Waals surface area contributed by atoms with Crippen LogP contribution in [0.15, 0.2) is 0 Å². The van der Waals surface area contributed by atoms with E-state index < -0.39 is 12.1 Å². The van der Waals surface area contributed by atoms with Crippen molar-refractivity contribution in [3.8, 4) is 0 Å². The molecule has 0 aliphatic heterocycles. The van der Waals surface area contributed by atoms with Crippen LogP contribution in [0.2, 0.25) is 0 Å². The Balaban J connectivity index is 1.95. The van der Waals surface area contributed by atoms with Gasteiger partial charge in [0.1, 0.15) is 0 Å². The van der Waals surface area contributed by atoms with E-state index in [0.717, 1.165) is 51.4 Å². The van der Waals surface area contributed by atoms with Gasteiger partial charge < -0.3 is 10.6 Å². The summed E-state index contributed by atoms with van der Waals surface area (Å²) in [4.78, 5) is 46.6. The first-order chi connectivity index (χ1) is 13.5. The fourth-order valence-electron chi connectivity index (χ4n) is 2.77. The highest BCUT2D eigenvalue weighted by Gasteiger charge is 2.23. The number of amides is 6. The number of hydrogen-bond donors (Lipinski definition) is 4. The third-order valence-corrected chi connectivity index (χ3v) is 6.55. The van der Waals surface area contributed by atoms with Crippen molar-refractivity contribution < 1.29 is 19.2 Å². The topological polar surface area (TPSA) is 116 Å². The second-order valence-corrected chi connectivity index (χ2v) is 9.26. The predicted octanol–water partition coefficient (Wildman–Crippen LogP) is 2.79. The van der Waals surface area contributed by atoms with E-state index in [2.05, 4.69) is 28.2 Å². The van der Waals surface area contributed by atoms with Crippen molar-refractivity contribution >= 4 is 45.5 Å². The zero-order chi connectivity index (χ0) is 20.6. The lowest BCUT2D eigenvalue weighted by molar-refractivity contribution is -0.123. The number of rotatable bonds is 12. The summed E-state index contributed by atoms with van der Waals surface area (Å²) < 4.78 is 0. The van der Waals surface area contributed by atoms with Crippen molar-refractivity contribution in [1.29, 1.82) is 0 Å². The van der Waals surface area contributed by atoms with Crippen LogP contribution in [-0.2, 0) is 9.59 Å². The van der Waals surface area contributed by atoms with Crippen molar-refractivity contribution in [2.75, 3.05) is 24.6 Å². The summed E-state index contributed by atoms with van der Waals surface area (Å²) in [5.74, 6) is 0.156. The second kappa shape index (κ2) is 15.5. The Kier molecular flexibility index (Phi) is 13.6. The standard InChI is InChI=1S/C18H32N4O4S2/c1-2-3-4-7-10-19-17(25)21-15(23)13-28-27-12-11-20-18(26)22-16(24)14-8-5-6-9-14/h14H,2-13H2,1H3,(H2,19,21,23,25)(H2,20,22,24,26). The zero-order valence-corrected chi connectivity index (χ0v) is 18.1. The molecule has 0 aromatic heterocycles. The van der Waals surface area contributed by atoms with Crippen LogP contribution in [0.5, 0.6) is 0 Å². The molecule has 0 heterocycles. The maximum absolute atomic E-state index is 11.8. The van der Waals surface area contributed by atoms with Crippen molar-refractivity contribution in [1.82, 2.24) is 21.3 Å². The Morgan fingerprint density at radius 3 is 2.25 bits per heavy atom. The van der Waals surface area contributed by atoms with Crippen LogP contribution in [0.25, 0.3) is 0 Å². The van der Waals surface area contributed by atoms with E-state index in [9.17, 15) is 19.2 Å². The first-order valence-corrected chi connectivity index (χ1v) is 12.4. The van der Waals surface area contributed by atoms with Crippen LogP contribution < -0.4 is 21.3 Å². The monoisotopic (exact) mass is 432 g/mol. The highest BCUT2D eigenvalue weighted by atomic mass is 33.1. The van der Waals surface area contributed by atoms with Gasteiger partial charge in [-0.1, -0.05) is 60.6 Å². The van der Waals surface area contributed by atoms with E-state index in [4.69, 9.17) is 0 Å². The predicted molar refractivity (Wildman–Crippen MR) is 114 cm³/mol. The first kappa shape index (κ1) is 24.6. The van der Waals surface area contributed by atoms with Crippen LogP contribution in [0.3, 0.4) is 0 Å². The molecule has 10 heteroatoms. The van der Waals surface area contributed by atoms with E-state index in [1.54, 1.807) is 0 Å². The van der Waals surface area contributed by atoms with Gasteiger partial charge in [0.2, 0.25) is 11.8 Å². The lowest BCUT2D eigenvalue weighted by Gasteiger charge is -2.10. The van der Waals surface area contributed by atoms with Crippen LogP contribution in [0.1, 0.15) is 58.3 Å². The first-order valence-electron chi connectivity index (χ1n) is 9.93. The quantitative estimate of drug-likeness (QED) is 0.278. The molecule has 1 aliphatic carbocycles. The van der Waals surface area contributed by atoms with Gasteiger partial charge in [-0.3, -0.25) is 20.2 Å². The van der Waals surface area contributed by atoms with Gasteiger partial charge in [0, 0.05) is 24.8 Å². The number of urea groups is 2. The molecule has 0 aromatic rings. The molecule has 0 aromatic carbocycles. The van der Waals surface area contributed by atoms with Gasteiger partial charge in [0.15, 0.2) is 0 Å². The third-order valence-electron chi connectivity index (χ3n) is 4.28. The van der Waals surface area contributed by atoms with E-state index in [0.29, 0.717) is 18.8 Å². The summed E-state index contributed by atoms with van der Waals surface area (Å²) in [6.07, 6.45) is 8.05. The van der Waals surface area contributed by atoms with Crippen molar-refractivity contribution in [3.63, 3.8) is 0 Å². The van der Waals surface area contributed by atoms with Gasteiger partial charge in [0.05, 0.1) is 5.75 Å². The normalized spacial score (nSPS) is 13.8. The van der Waals surface area contributed by atoms with Gasteiger partial charge >= 0.3 is 12.1 Å². The SMILES string of the molecule is CCCCCCNC(=O)NC(=O)CSSCCNC(=O)NC(=O)C1CCCC1. The van der Waals surface area contributed by atoms with Crippen LogP contribution in [0, 0.1) is 5.92 Å². The lowest BCUT2D eigenvalue weighted by atomic mass is 10.1. The summed E-state index contributed by atoms with van der Waals surface area (Å²) in [5.41, 5.74) is 0. The van der Waals surface area contributed by atoms with Gasteiger partial charge in [-0.2, -0.15) is 0 Å². The molecular weight excluding hydrogens is 400 g/mol. The van der Waals surface area contributed by atoms with E-state index >= 15 is 0 Å². The average molecular weight is 433 g/mol. The van der Waals surface area contributed by atoms with E-state index in [1.165, 1.54) is 21.6 Å². The molecule has 0 atom stereocenters. The fourth-order valence-corrected chi connectivity index (χ4v) is 4.51. The van der Waals surface area contributed by atoms with Crippen molar-refractivity contribution in [3.05, 3.63) is 0 Å². The molecule has 28 heavy (non-hydrogen) atoms. The number of carbonyl (C=O) groups is 4. The molecule has 0 saturated heterocycles. The number of imide groups is 2. The molecule has 0 spiro atoms. The second-order valence-electron chi connectivity index (χ2n) is 6.68. The summed E-state index contributed by atoms with van der Waals surface area (Å²) in [6.45, 7) is 3.08. The molecular formula is C18H32N4O4S2. The lowest BCUT2D eigenvalue weighted by Crippen LogP contribution is -2.42. The summed E-state index contributed by atoms with van der Waals surface area (Å²) in [7, 11) is 2.73. The zero-order valence-electron chi connectivity index (χ0n) is 16.5. The number of hydrogen-bond acceptors (Lipinski definition) is 6. The number of unbranched alkanes of at least 4 members (excludes halogenated alkanes) is 3. The molecule has 0 bridgehead atoms. The number of nitrogens with one attached hydrogen (secondary N) is 4. The highest BCUT2D eigenvalue weighted by molar-refractivity contribution is 8.76. The molecule has 0 radical (unpaired) electrons. The molecule has 6 amide bonds. The Labute approximate surface area is 174 Å². The third kappa shape index (κ3) is 12.1. The number of carbonyl (C=O) groups excluding carboxylic acids is 4. The molecule has 4 N–H and O–H groups in total. The van der Waals surface area contributed by atoms with E-state index in [-0.39, 0.29) is 23.5 Å². The molecule has 1 saturated carbocycles. The molecule has 1 aliphatic rings. The summed E-state index contributed by atoms with van der Waals surface area (Å²) >= 11 is 0. The molecule has 1 fully saturated rings. The largest absolute Gasteiger partial charge is 0.338 e. The minimum atomic E-state index is -0.476. The Morgan fingerprint density at radius 1 is 0.857 bits per heavy atom. The minimum Gasteiger partial charge on any atom is -0.338 e. The summed E-state index contributed by atoms with van der Waals surface area (Å²) in [5, 5.41) is 9.94. The molecule has 160 valence electrons. The maximum atomic E-state index is 11.8. The average Bonchev–Trinajstić information content (AvgIpc) is 3.19. The molecule has 8 nitrogen and oxygen atoms in total. The molecule has 1 rings (SSSR count). The van der Waals surface area contributed by atoms with E-state index in [1.807, 2.05) is 0 Å². The molecule has 0 unspecified atom stereocenters. The van der Waals surface area contributed by atoms with Gasteiger partial charge in [-0.25, -0.2) is 9.59 Å².